The predicted molar refractivity (Wildman–Crippen MR) is 89.8 cm³/mol. The monoisotopic (exact) mass is 338 g/mol. The summed E-state index contributed by atoms with van der Waals surface area (Å²) in [6.07, 6.45) is 5.91. The number of nitrogens with zero attached hydrogens (tertiary/aromatic N) is 3. The lowest BCUT2D eigenvalue weighted by molar-refractivity contribution is -0.139. The number of dihydropyridines is 1. The molecule has 0 aromatic carbocycles. The number of hydrogen-bond acceptors (Lipinski definition) is 6. The molecule has 1 fully saturated rings. The van der Waals surface area contributed by atoms with Gasteiger partial charge in [0.05, 0.1) is 19.1 Å². The summed E-state index contributed by atoms with van der Waals surface area (Å²) in [4.78, 5) is 28.1. The van der Waals surface area contributed by atoms with Crippen LogP contribution in [0, 0.1) is 0 Å². The largest absolute Gasteiger partial charge is 0.480 e. The van der Waals surface area contributed by atoms with E-state index in [0.717, 1.165) is 18.8 Å². The van der Waals surface area contributed by atoms with Crippen LogP contribution in [0.2, 0.25) is 0 Å². The molecule has 2 aliphatic rings. The Balaban J connectivity index is 2.08. The number of hydrogen-bond donors (Lipinski definition) is 3. The molecule has 2 aliphatic heterocycles. The standard InChI is InChI=1S/C16H26N4O4/c1-18-5-7-19(11-15(21)22)9-13-3-2-4-14(17-13)10-20(8-6-18)12-16(23)24/h2-4,13,17H,5-12H2,1H3,(H,21,22)(H,23,24). The van der Waals surface area contributed by atoms with E-state index >= 15 is 0 Å². The van der Waals surface area contributed by atoms with Crippen molar-refractivity contribution in [2.24, 2.45) is 0 Å². The van der Waals surface area contributed by atoms with Crippen molar-refractivity contribution in [3.05, 3.63) is 23.9 Å². The molecular weight excluding hydrogens is 312 g/mol. The second-order valence-corrected chi connectivity index (χ2v) is 6.36. The van der Waals surface area contributed by atoms with Gasteiger partial charge in [-0.2, -0.15) is 0 Å². The smallest absolute Gasteiger partial charge is 0.317 e. The van der Waals surface area contributed by atoms with Crippen molar-refractivity contribution in [3.8, 4) is 0 Å². The molecule has 0 spiro atoms. The number of carboxylic acid groups (broad SMARTS) is 2. The second-order valence-electron chi connectivity index (χ2n) is 6.36. The average molecular weight is 338 g/mol. The average Bonchev–Trinajstić information content (AvgIpc) is 2.49. The van der Waals surface area contributed by atoms with Crippen molar-refractivity contribution >= 4 is 11.9 Å². The van der Waals surface area contributed by atoms with Gasteiger partial charge in [-0.3, -0.25) is 19.4 Å². The first kappa shape index (κ1) is 18.4. The SMILES string of the molecule is CN1CCN(CC(=O)O)CC2=CC=CC(CN(CC(=O)O)CC1)N2. The first-order valence-corrected chi connectivity index (χ1v) is 8.13. The fourth-order valence-electron chi connectivity index (χ4n) is 2.93. The van der Waals surface area contributed by atoms with E-state index in [1.807, 2.05) is 35.1 Å². The van der Waals surface area contributed by atoms with Crippen LogP contribution in [0.3, 0.4) is 0 Å². The Labute approximate surface area is 142 Å². The zero-order valence-electron chi connectivity index (χ0n) is 14.0. The lowest BCUT2D eigenvalue weighted by Gasteiger charge is -2.33. The van der Waals surface area contributed by atoms with Gasteiger partial charge in [-0.25, -0.2) is 0 Å². The molecule has 0 aromatic rings. The van der Waals surface area contributed by atoms with Gasteiger partial charge in [-0.05, 0) is 13.1 Å². The van der Waals surface area contributed by atoms with Gasteiger partial charge >= 0.3 is 11.9 Å². The summed E-state index contributed by atoms with van der Waals surface area (Å²) in [5.41, 5.74) is 0.960. The van der Waals surface area contributed by atoms with E-state index in [9.17, 15) is 9.59 Å². The van der Waals surface area contributed by atoms with Gasteiger partial charge in [-0.15, -0.1) is 0 Å². The Bertz CT molecular complexity index is 520. The van der Waals surface area contributed by atoms with E-state index in [1.54, 1.807) is 0 Å². The summed E-state index contributed by atoms with van der Waals surface area (Å²) in [6, 6.07) is 0.0285. The Morgan fingerprint density at radius 3 is 2.42 bits per heavy atom. The van der Waals surface area contributed by atoms with E-state index in [4.69, 9.17) is 10.2 Å². The van der Waals surface area contributed by atoms with Crippen molar-refractivity contribution < 1.29 is 19.8 Å². The number of fused-ring (bicyclic) bond motifs is 2. The number of aliphatic carboxylic acids is 2. The summed E-state index contributed by atoms with van der Waals surface area (Å²) in [5.74, 6) is -1.66. The molecule has 1 atom stereocenters. The Morgan fingerprint density at radius 2 is 1.75 bits per heavy atom. The highest BCUT2D eigenvalue weighted by Crippen LogP contribution is 2.08. The summed E-state index contributed by atoms with van der Waals surface area (Å²) < 4.78 is 0. The van der Waals surface area contributed by atoms with Crippen molar-refractivity contribution in [3.63, 3.8) is 0 Å². The fourth-order valence-corrected chi connectivity index (χ4v) is 2.93. The molecule has 3 N–H and O–H groups in total. The minimum atomic E-state index is -0.833. The summed E-state index contributed by atoms with van der Waals surface area (Å²) in [5, 5.41) is 21.6. The number of rotatable bonds is 4. The first-order valence-electron chi connectivity index (χ1n) is 8.13. The third kappa shape index (κ3) is 6.31. The van der Waals surface area contributed by atoms with Gasteiger partial charge in [0.25, 0.3) is 0 Å². The molecule has 2 rings (SSSR count). The van der Waals surface area contributed by atoms with Crippen LogP contribution in [0.4, 0.5) is 0 Å². The van der Waals surface area contributed by atoms with E-state index in [0.29, 0.717) is 26.2 Å². The van der Waals surface area contributed by atoms with Crippen molar-refractivity contribution in [1.29, 1.82) is 0 Å². The molecule has 0 amide bonds. The molecule has 2 heterocycles. The molecule has 8 nitrogen and oxygen atoms in total. The molecule has 134 valence electrons. The lowest BCUT2D eigenvalue weighted by atomic mass is 10.1. The molecule has 8 heteroatoms. The van der Waals surface area contributed by atoms with Gasteiger partial charge in [-0.1, -0.05) is 12.2 Å². The number of likely N-dealkylation sites (N-methyl/N-ethyl adjacent to an activating group) is 1. The van der Waals surface area contributed by atoms with Crippen molar-refractivity contribution in [1.82, 2.24) is 20.0 Å². The van der Waals surface area contributed by atoms with Gasteiger partial charge in [0.2, 0.25) is 0 Å². The number of nitrogens with one attached hydrogen (secondary N) is 1. The van der Waals surface area contributed by atoms with Crippen LogP contribution in [-0.2, 0) is 9.59 Å². The van der Waals surface area contributed by atoms with Gasteiger partial charge in [0.1, 0.15) is 0 Å². The van der Waals surface area contributed by atoms with Crippen molar-refractivity contribution in [2.75, 3.05) is 59.4 Å². The molecular formula is C16H26N4O4. The third-order valence-electron chi connectivity index (χ3n) is 4.17. The molecule has 0 aliphatic carbocycles. The Morgan fingerprint density at radius 1 is 1.12 bits per heavy atom. The third-order valence-corrected chi connectivity index (χ3v) is 4.17. The van der Waals surface area contributed by atoms with Crippen LogP contribution < -0.4 is 5.32 Å². The molecule has 2 bridgehead atoms. The van der Waals surface area contributed by atoms with E-state index in [1.165, 1.54) is 0 Å². The van der Waals surface area contributed by atoms with Gasteiger partial charge in [0.15, 0.2) is 0 Å². The highest BCUT2D eigenvalue weighted by molar-refractivity contribution is 5.69. The zero-order valence-corrected chi connectivity index (χ0v) is 14.0. The highest BCUT2D eigenvalue weighted by atomic mass is 16.4. The quantitative estimate of drug-likeness (QED) is 0.608. The summed E-state index contributed by atoms with van der Waals surface area (Å²) in [7, 11) is 1.97. The van der Waals surface area contributed by atoms with E-state index < -0.39 is 11.9 Å². The lowest BCUT2D eigenvalue weighted by Crippen LogP contribution is -2.48. The maximum atomic E-state index is 11.1. The van der Waals surface area contributed by atoms with Crippen LogP contribution in [0.25, 0.3) is 0 Å². The van der Waals surface area contributed by atoms with Gasteiger partial charge < -0.3 is 20.4 Å². The molecule has 0 radical (unpaired) electrons. The van der Waals surface area contributed by atoms with E-state index in [-0.39, 0.29) is 19.1 Å². The van der Waals surface area contributed by atoms with Gasteiger partial charge in [0, 0.05) is 45.0 Å². The Kier molecular flexibility index (Phi) is 6.77. The minimum Gasteiger partial charge on any atom is -0.480 e. The van der Waals surface area contributed by atoms with Crippen LogP contribution in [0.15, 0.2) is 23.9 Å². The topological polar surface area (TPSA) is 96.4 Å². The fraction of sp³-hybridized carbons (Fsp3) is 0.625. The van der Waals surface area contributed by atoms with Crippen LogP contribution >= 0.6 is 0 Å². The van der Waals surface area contributed by atoms with Crippen LogP contribution in [0.5, 0.6) is 0 Å². The predicted octanol–water partition coefficient (Wildman–Crippen LogP) is -0.883. The first-order chi connectivity index (χ1) is 11.4. The highest BCUT2D eigenvalue weighted by Gasteiger charge is 2.20. The van der Waals surface area contributed by atoms with E-state index in [2.05, 4.69) is 10.2 Å². The van der Waals surface area contributed by atoms with Crippen LogP contribution in [0.1, 0.15) is 0 Å². The maximum Gasteiger partial charge on any atom is 0.317 e. The zero-order chi connectivity index (χ0) is 17.5. The molecule has 1 saturated heterocycles. The van der Waals surface area contributed by atoms with Crippen LogP contribution in [-0.4, -0.2) is 102 Å². The number of carbonyl (C=O) groups is 2. The number of carboxylic acids is 2. The Hall–Kier alpha value is -1.90. The second kappa shape index (κ2) is 8.81. The molecule has 0 saturated carbocycles. The maximum absolute atomic E-state index is 11.1. The normalized spacial score (nSPS) is 24.4. The number of allylic oxidation sites excluding steroid dienone is 2. The molecule has 1 unspecified atom stereocenters. The minimum absolute atomic E-state index is 0.00633. The summed E-state index contributed by atoms with van der Waals surface area (Å²) in [6.45, 7) is 3.96. The molecule has 24 heavy (non-hydrogen) atoms. The summed E-state index contributed by atoms with van der Waals surface area (Å²) >= 11 is 0. The van der Waals surface area contributed by atoms with Crippen molar-refractivity contribution in [2.45, 2.75) is 6.04 Å². The molecule has 0 aromatic heterocycles.